The number of benzene rings is 2. The number of rotatable bonds is 6. The summed E-state index contributed by atoms with van der Waals surface area (Å²) >= 11 is 0. The minimum absolute atomic E-state index is 0.0923. The Labute approximate surface area is 174 Å². The van der Waals surface area contributed by atoms with Gasteiger partial charge in [-0.1, -0.05) is 12.1 Å². The van der Waals surface area contributed by atoms with Crippen LogP contribution in [0.25, 0.3) is 11.0 Å². The first-order chi connectivity index (χ1) is 14.6. The van der Waals surface area contributed by atoms with Crippen LogP contribution >= 0.6 is 0 Å². The number of nitrogens with zero attached hydrogens (tertiary/aromatic N) is 2. The topological polar surface area (TPSA) is 72.2 Å². The fraction of sp³-hybridized carbons (Fsp3) is 0.304. The number of hydrogen-bond donors (Lipinski definition) is 0. The molecule has 156 valence electrons. The number of hydrogen-bond acceptors (Lipinski definition) is 6. The standard InChI is InChI=1S/C23H24N2O5/c1-24(15-17-2-6-19(7-3-17)25-10-12-28-13-11-25)22(26)16-29-20-8-4-18-5-9-23(27)30-21(18)14-20/h2-9,14H,10-13,15-16H2,1H3. The molecule has 1 saturated heterocycles. The molecule has 0 saturated carbocycles. The molecule has 7 nitrogen and oxygen atoms in total. The maximum Gasteiger partial charge on any atom is 0.336 e. The van der Waals surface area contributed by atoms with Crippen LogP contribution in [0.4, 0.5) is 5.69 Å². The Balaban J connectivity index is 1.32. The molecule has 1 amide bonds. The Bertz CT molecular complexity index is 1070. The molecule has 1 aromatic heterocycles. The van der Waals surface area contributed by atoms with Gasteiger partial charge in [-0.2, -0.15) is 0 Å². The second kappa shape index (κ2) is 9.00. The van der Waals surface area contributed by atoms with Crippen molar-refractivity contribution >= 4 is 22.6 Å². The van der Waals surface area contributed by atoms with Crippen LogP contribution in [0.3, 0.4) is 0 Å². The van der Waals surface area contributed by atoms with Gasteiger partial charge in [-0.3, -0.25) is 4.79 Å². The normalized spacial score (nSPS) is 14.0. The summed E-state index contributed by atoms with van der Waals surface area (Å²) in [6, 6.07) is 16.5. The lowest BCUT2D eigenvalue weighted by molar-refractivity contribution is -0.132. The largest absolute Gasteiger partial charge is 0.484 e. The van der Waals surface area contributed by atoms with Gasteiger partial charge in [-0.05, 0) is 35.9 Å². The monoisotopic (exact) mass is 408 g/mol. The van der Waals surface area contributed by atoms with Gasteiger partial charge in [0.15, 0.2) is 6.61 Å². The molecule has 0 unspecified atom stereocenters. The quantitative estimate of drug-likeness (QED) is 0.584. The van der Waals surface area contributed by atoms with Crippen LogP contribution in [0.5, 0.6) is 5.75 Å². The molecule has 2 aromatic carbocycles. The van der Waals surface area contributed by atoms with E-state index in [9.17, 15) is 9.59 Å². The van der Waals surface area contributed by atoms with Crippen LogP contribution in [0.15, 0.2) is 63.8 Å². The Hall–Kier alpha value is -3.32. The fourth-order valence-corrected chi connectivity index (χ4v) is 3.38. The first-order valence-corrected chi connectivity index (χ1v) is 9.91. The van der Waals surface area contributed by atoms with E-state index in [1.54, 1.807) is 36.2 Å². The summed E-state index contributed by atoms with van der Waals surface area (Å²) in [4.78, 5) is 27.7. The number of ether oxygens (including phenoxy) is 2. The zero-order chi connectivity index (χ0) is 20.9. The van der Waals surface area contributed by atoms with Gasteiger partial charge in [0.2, 0.25) is 0 Å². The van der Waals surface area contributed by atoms with Crippen LogP contribution in [0.2, 0.25) is 0 Å². The van der Waals surface area contributed by atoms with E-state index in [2.05, 4.69) is 17.0 Å². The molecule has 0 atom stereocenters. The number of morpholine rings is 1. The Morgan fingerprint density at radius 2 is 1.80 bits per heavy atom. The Kier molecular flexibility index (Phi) is 5.99. The molecular formula is C23H24N2O5. The molecule has 1 aliphatic heterocycles. The molecular weight excluding hydrogens is 384 g/mol. The molecule has 30 heavy (non-hydrogen) atoms. The molecule has 0 bridgehead atoms. The highest BCUT2D eigenvalue weighted by atomic mass is 16.5. The van der Waals surface area contributed by atoms with Gasteiger partial charge in [0.25, 0.3) is 5.91 Å². The van der Waals surface area contributed by atoms with E-state index < -0.39 is 5.63 Å². The predicted molar refractivity (Wildman–Crippen MR) is 114 cm³/mol. The van der Waals surface area contributed by atoms with E-state index in [1.807, 2.05) is 12.1 Å². The van der Waals surface area contributed by atoms with Crippen molar-refractivity contribution in [1.29, 1.82) is 0 Å². The van der Waals surface area contributed by atoms with Gasteiger partial charge in [0, 0.05) is 49.9 Å². The molecule has 7 heteroatoms. The Morgan fingerprint density at radius 3 is 2.57 bits per heavy atom. The minimum atomic E-state index is -0.421. The van der Waals surface area contributed by atoms with Gasteiger partial charge in [-0.25, -0.2) is 4.79 Å². The van der Waals surface area contributed by atoms with Crippen molar-refractivity contribution in [1.82, 2.24) is 4.90 Å². The van der Waals surface area contributed by atoms with Crippen molar-refractivity contribution in [3.8, 4) is 5.75 Å². The summed E-state index contributed by atoms with van der Waals surface area (Å²) in [7, 11) is 1.75. The number of fused-ring (bicyclic) bond motifs is 1. The second-order valence-corrected chi connectivity index (χ2v) is 7.26. The van der Waals surface area contributed by atoms with Crippen molar-refractivity contribution in [2.24, 2.45) is 0 Å². The third-order valence-corrected chi connectivity index (χ3v) is 5.11. The fourth-order valence-electron chi connectivity index (χ4n) is 3.38. The van der Waals surface area contributed by atoms with Crippen molar-refractivity contribution in [3.05, 3.63) is 70.6 Å². The highest BCUT2D eigenvalue weighted by molar-refractivity contribution is 5.79. The molecule has 0 N–H and O–H groups in total. The first-order valence-electron chi connectivity index (χ1n) is 9.91. The summed E-state index contributed by atoms with van der Waals surface area (Å²) in [5.41, 5.74) is 2.23. The molecule has 3 aromatic rings. The zero-order valence-electron chi connectivity index (χ0n) is 16.9. The van der Waals surface area contributed by atoms with Gasteiger partial charge in [0.05, 0.1) is 13.2 Å². The van der Waals surface area contributed by atoms with E-state index in [1.165, 1.54) is 11.8 Å². The average molecular weight is 408 g/mol. The van der Waals surface area contributed by atoms with Crippen LogP contribution in [-0.4, -0.2) is 50.8 Å². The summed E-state index contributed by atoms with van der Waals surface area (Å²) in [6.07, 6.45) is 0. The van der Waals surface area contributed by atoms with Crippen LogP contribution in [-0.2, 0) is 16.1 Å². The van der Waals surface area contributed by atoms with E-state index in [0.29, 0.717) is 17.9 Å². The molecule has 1 fully saturated rings. The van der Waals surface area contributed by atoms with Crippen molar-refractivity contribution < 1.29 is 18.7 Å². The third kappa shape index (κ3) is 4.80. The van der Waals surface area contributed by atoms with E-state index >= 15 is 0 Å². The van der Waals surface area contributed by atoms with Gasteiger partial charge in [-0.15, -0.1) is 0 Å². The van der Waals surface area contributed by atoms with Gasteiger partial charge >= 0.3 is 5.63 Å². The zero-order valence-corrected chi connectivity index (χ0v) is 16.9. The molecule has 0 aliphatic carbocycles. The highest BCUT2D eigenvalue weighted by Crippen LogP contribution is 2.20. The van der Waals surface area contributed by atoms with E-state index in [4.69, 9.17) is 13.9 Å². The van der Waals surface area contributed by atoms with Crippen molar-refractivity contribution in [3.63, 3.8) is 0 Å². The number of carbonyl (C=O) groups excluding carboxylic acids is 1. The van der Waals surface area contributed by atoms with Crippen LogP contribution < -0.4 is 15.3 Å². The van der Waals surface area contributed by atoms with Crippen LogP contribution in [0, 0.1) is 0 Å². The Morgan fingerprint density at radius 1 is 1.07 bits per heavy atom. The maximum atomic E-state index is 12.5. The third-order valence-electron chi connectivity index (χ3n) is 5.11. The molecule has 4 rings (SSSR count). The number of amides is 1. The lowest BCUT2D eigenvalue weighted by Crippen LogP contribution is -2.36. The molecule has 0 radical (unpaired) electrons. The number of likely N-dealkylation sites (N-methyl/N-ethyl adjacent to an activating group) is 1. The number of carbonyl (C=O) groups is 1. The van der Waals surface area contributed by atoms with E-state index in [0.717, 1.165) is 37.3 Å². The SMILES string of the molecule is CN(Cc1ccc(N2CCOCC2)cc1)C(=O)COc1ccc2ccc(=O)oc2c1. The summed E-state index contributed by atoms with van der Waals surface area (Å²) in [5, 5.41) is 0.797. The van der Waals surface area contributed by atoms with Crippen molar-refractivity contribution in [2.45, 2.75) is 6.54 Å². The summed E-state index contributed by atoms with van der Waals surface area (Å²) in [6.45, 7) is 3.70. The lowest BCUT2D eigenvalue weighted by atomic mass is 10.1. The van der Waals surface area contributed by atoms with E-state index in [-0.39, 0.29) is 12.5 Å². The first kappa shape index (κ1) is 20.0. The van der Waals surface area contributed by atoms with Gasteiger partial charge < -0.3 is 23.7 Å². The summed E-state index contributed by atoms with van der Waals surface area (Å²) < 4.78 is 16.1. The van der Waals surface area contributed by atoms with Crippen molar-refractivity contribution in [2.75, 3.05) is 44.9 Å². The number of anilines is 1. The predicted octanol–water partition coefficient (Wildman–Crippen LogP) is 2.67. The highest BCUT2D eigenvalue weighted by Gasteiger charge is 2.13. The smallest absolute Gasteiger partial charge is 0.336 e. The summed E-state index contributed by atoms with van der Waals surface area (Å²) in [5.74, 6) is 0.343. The van der Waals surface area contributed by atoms with Gasteiger partial charge in [0.1, 0.15) is 11.3 Å². The second-order valence-electron chi connectivity index (χ2n) is 7.26. The minimum Gasteiger partial charge on any atom is -0.484 e. The average Bonchev–Trinajstić information content (AvgIpc) is 2.78. The van der Waals surface area contributed by atoms with Crippen LogP contribution in [0.1, 0.15) is 5.56 Å². The molecule has 0 spiro atoms. The molecule has 2 heterocycles. The maximum absolute atomic E-state index is 12.5. The lowest BCUT2D eigenvalue weighted by Gasteiger charge is -2.29. The molecule has 1 aliphatic rings.